The van der Waals surface area contributed by atoms with Crippen molar-refractivity contribution >= 4 is 79.0 Å². The van der Waals surface area contributed by atoms with E-state index in [1.807, 2.05) is 61.5 Å². The van der Waals surface area contributed by atoms with E-state index in [0.717, 1.165) is 101 Å². The molecule has 2 heterocycles. The molecule has 2 aromatic heterocycles. The summed E-state index contributed by atoms with van der Waals surface area (Å²) in [6, 6.07) is 72.5. The molecule has 0 saturated heterocycles. The lowest BCUT2D eigenvalue weighted by Crippen LogP contribution is -2.10. The standard InChI is InChI=1S/C61H44F2N4/c1-3-13-54-56-40-52(36-38-60(56)66(58(54)4-2)46-14-7-5-8-15-46)64(50-32-24-44(62)25-33-50)48-28-20-42(21-29-48)43-22-30-49(31-23-43)65(51-34-26-45(63)27-35-51)53-37-39-61-57(41-53)55-18-11-12-19-59(55)67(61)47-16-9-6-10-17-47/h3-41H,2H2,1H3/b13-3-. The van der Waals surface area contributed by atoms with E-state index in [1.54, 1.807) is 0 Å². The molecule has 0 N–H and O–H groups in total. The van der Waals surface area contributed by atoms with E-state index in [1.165, 1.54) is 24.3 Å². The number of para-hydroxylation sites is 3. The van der Waals surface area contributed by atoms with Crippen molar-refractivity contribution in [2.75, 3.05) is 9.80 Å². The van der Waals surface area contributed by atoms with Crippen LogP contribution in [0.1, 0.15) is 18.2 Å². The molecule has 0 unspecified atom stereocenters. The normalized spacial score (nSPS) is 11.5. The van der Waals surface area contributed by atoms with E-state index in [2.05, 4.69) is 183 Å². The Morgan fingerprint density at radius 1 is 0.403 bits per heavy atom. The van der Waals surface area contributed by atoms with Crippen LogP contribution in [0.5, 0.6) is 0 Å². The number of anilines is 6. The zero-order valence-electron chi connectivity index (χ0n) is 36.8. The molecule has 4 nitrogen and oxygen atoms in total. The number of hydrogen-bond donors (Lipinski definition) is 0. The third-order valence-electron chi connectivity index (χ3n) is 12.5. The molecular formula is C61H44F2N4. The van der Waals surface area contributed by atoms with E-state index in [0.29, 0.717) is 0 Å². The van der Waals surface area contributed by atoms with Crippen molar-refractivity contribution in [3.8, 4) is 22.5 Å². The maximum Gasteiger partial charge on any atom is 0.123 e. The molecule has 322 valence electrons. The SMILES string of the molecule is C=Cc1c(/C=C\C)c2cc(N(c3ccc(F)cc3)c3ccc(-c4ccc(N(c5ccc(F)cc5)c5ccc6c(c5)c5ccccc5n6-c5ccccc5)cc4)cc3)ccc2n1-c1ccccc1. The zero-order chi connectivity index (χ0) is 45.4. The number of rotatable bonds is 11. The molecule has 0 aliphatic heterocycles. The average molecular weight is 871 g/mol. The van der Waals surface area contributed by atoms with Gasteiger partial charge in [0.2, 0.25) is 0 Å². The second-order valence-electron chi connectivity index (χ2n) is 16.5. The first kappa shape index (κ1) is 41.0. The molecule has 0 fully saturated rings. The Morgan fingerprint density at radius 3 is 1.30 bits per heavy atom. The van der Waals surface area contributed by atoms with Crippen molar-refractivity contribution in [3.05, 3.63) is 254 Å². The van der Waals surface area contributed by atoms with Gasteiger partial charge in [0, 0.05) is 67.2 Å². The summed E-state index contributed by atoms with van der Waals surface area (Å²) in [5.41, 5.74) is 15.1. The Labute approximate surface area is 388 Å². The lowest BCUT2D eigenvalue weighted by molar-refractivity contribution is 0.627. The van der Waals surface area contributed by atoms with Gasteiger partial charge in [0.05, 0.1) is 22.2 Å². The van der Waals surface area contributed by atoms with Crippen LogP contribution in [0.2, 0.25) is 0 Å². The third kappa shape index (κ3) is 7.44. The molecule has 6 heteroatoms. The number of aromatic nitrogens is 2. The summed E-state index contributed by atoms with van der Waals surface area (Å²) < 4.78 is 33.3. The maximum absolute atomic E-state index is 14.4. The van der Waals surface area contributed by atoms with Gasteiger partial charge in [-0.3, -0.25) is 0 Å². The van der Waals surface area contributed by atoms with Crippen molar-refractivity contribution in [2.45, 2.75) is 6.92 Å². The molecule has 0 aliphatic carbocycles. The topological polar surface area (TPSA) is 16.3 Å². The van der Waals surface area contributed by atoms with Crippen LogP contribution in [0.3, 0.4) is 0 Å². The first-order chi connectivity index (χ1) is 33.0. The lowest BCUT2D eigenvalue weighted by Gasteiger charge is -2.26. The quantitative estimate of drug-likeness (QED) is 0.129. The molecule has 0 aliphatic rings. The number of halogens is 2. The predicted molar refractivity (Wildman–Crippen MR) is 277 cm³/mol. The van der Waals surface area contributed by atoms with Crippen LogP contribution in [0, 0.1) is 11.6 Å². The summed E-state index contributed by atoms with van der Waals surface area (Å²) in [5, 5.41) is 3.36. The fourth-order valence-electron chi connectivity index (χ4n) is 9.50. The number of nitrogens with zero attached hydrogens (tertiary/aromatic N) is 4. The Balaban J connectivity index is 0.963. The summed E-state index contributed by atoms with van der Waals surface area (Å²) in [4.78, 5) is 4.33. The van der Waals surface area contributed by atoms with E-state index < -0.39 is 0 Å². The zero-order valence-corrected chi connectivity index (χ0v) is 36.8. The molecule has 0 saturated carbocycles. The molecule has 0 amide bonds. The van der Waals surface area contributed by atoms with Gasteiger partial charge in [0.15, 0.2) is 0 Å². The Morgan fingerprint density at radius 2 is 0.806 bits per heavy atom. The molecule has 0 bridgehead atoms. The van der Waals surface area contributed by atoms with E-state index in [4.69, 9.17) is 0 Å². The third-order valence-corrected chi connectivity index (χ3v) is 12.5. The van der Waals surface area contributed by atoms with Gasteiger partial charge in [0.1, 0.15) is 11.6 Å². The van der Waals surface area contributed by atoms with Crippen LogP contribution < -0.4 is 9.80 Å². The molecular weight excluding hydrogens is 827 g/mol. The average Bonchev–Trinajstić information content (AvgIpc) is 3.88. The minimum atomic E-state index is -0.293. The molecule has 9 aromatic carbocycles. The van der Waals surface area contributed by atoms with Gasteiger partial charge in [-0.15, -0.1) is 0 Å². The van der Waals surface area contributed by atoms with Crippen LogP contribution in [-0.4, -0.2) is 9.13 Å². The fraction of sp³-hybridized carbons (Fsp3) is 0.0164. The van der Waals surface area contributed by atoms with Crippen molar-refractivity contribution in [3.63, 3.8) is 0 Å². The highest BCUT2D eigenvalue weighted by molar-refractivity contribution is 6.10. The monoisotopic (exact) mass is 870 g/mol. The highest BCUT2D eigenvalue weighted by Crippen LogP contribution is 2.43. The van der Waals surface area contributed by atoms with E-state index >= 15 is 0 Å². The Hall–Kier alpha value is -8.74. The van der Waals surface area contributed by atoms with Crippen molar-refractivity contribution in [2.24, 2.45) is 0 Å². The van der Waals surface area contributed by atoms with Gasteiger partial charge < -0.3 is 18.9 Å². The van der Waals surface area contributed by atoms with Gasteiger partial charge in [0.25, 0.3) is 0 Å². The largest absolute Gasteiger partial charge is 0.310 e. The summed E-state index contributed by atoms with van der Waals surface area (Å²) in [6.07, 6.45) is 6.10. The molecule has 11 aromatic rings. The predicted octanol–water partition coefficient (Wildman–Crippen LogP) is 17.3. The number of fused-ring (bicyclic) bond motifs is 4. The summed E-state index contributed by atoms with van der Waals surface area (Å²) in [5.74, 6) is -0.581. The fourth-order valence-corrected chi connectivity index (χ4v) is 9.50. The van der Waals surface area contributed by atoms with Gasteiger partial charge in [-0.2, -0.15) is 0 Å². The smallest absolute Gasteiger partial charge is 0.123 e. The molecule has 0 atom stereocenters. The van der Waals surface area contributed by atoms with Gasteiger partial charge in [-0.1, -0.05) is 97.6 Å². The Kier molecular flexibility index (Phi) is 10.6. The molecule has 67 heavy (non-hydrogen) atoms. The highest BCUT2D eigenvalue weighted by Gasteiger charge is 2.21. The minimum Gasteiger partial charge on any atom is -0.310 e. The van der Waals surface area contributed by atoms with Crippen LogP contribution in [-0.2, 0) is 0 Å². The number of benzene rings is 9. The van der Waals surface area contributed by atoms with Gasteiger partial charge in [-0.05, 0) is 164 Å². The first-order valence-corrected chi connectivity index (χ1v) is 22.4. The van der Waals surface area contributed by atoms with E-state index in [9.17, 15) is 8.78 Å². The second-order valence-corrected chi connectivity index (χ2v) is 16.5. The summed E-state index contributed by atoms with van der Waals surface area (Å²) in [7, 11) is 0. The van der Waals surface area contributed by atoms with Crippen LogP contribution in [0.15, 0.2) is 231 Å². The lowest BCUT2D eigenvalue weighted by atomic mass is 10.0. The first-order valence-electron chi connectivity index (χ1n) is 22.4. The van der Waals surface area contributed by atoms with Crippen LogP contribution in [0.25, 0.3) is 67.4 Å². The number of hydrogen-bond acceptors (Lipinski definition) is 2. The van der Waals surface area contributed by atoms with Crippen molar-refractivity contribution in [1.82, 2.24) is 9.13 Å². The molecule has 0 spiro atoms. The Bertz CT molecular complexity index is 3590. The van der Waals surface area contributed by atoms with Crippen molar-refractivity contribution in [1.29, 1.82) is 0 Å². The van der Waals surface area contributed by atoms with E-state index in [-0.39, 0.29) is 11.6 Å². The van der Waals surface area contributed by atoms with Crippen LogP contribution >= 0.6 is 0 Å². The molecule has 0 radical (unpaired) electrons. The maximum atomic E-state index is 14.4. The second kappa shape index (κ2) is 17.3. The van der Waals surface area contributed by atoms with Crippen LogP contribution in [0.4, 0.5) is 42.9 Å². The highest BCUT2D eigenvalue weighted by atomic mass is 19.1. The minimum absolute atomic E-state index is 0.287. The summed E-state index contributed by atoms with van der Waals surface area (Å²) >= 11 is 0. The number of allylic oxidation sites excluding steroid dienone is 1. The van der Waals surface area contributed by atoms with Crippen molar-refractivity contribution < 1.29 is 8.78 Å². The summed E-state index contributed by atoms with van der Waals surface area (Å²) in [6.45, 7) is 6.23. The van der Waals surface area contributed by atoms with Gasteiger partial charge in [-0.25, -0.2) is 8.78 Å². The molecule has 11 rings (SSSR count). The van der Waals surface area contributed by atoms with Gasteiger partial charge >= 0.3 is 0 Å².